The normalized spacial score (nSPS) is 23.5. The van der Waals surface area contributed by atoms with E-state index in [-0.39, 0.29) is 24.5 Å². The minimum absolute atomic E-state index is 0.0226. The molecule has 2 unspecified atom stereocenters. The Hall–Kier alpha value is -3.11. The molecule has 0 amide bonds. The van der Waals surface area contributed by atoms with Crippen molar-refractivity contribution in [3.63, 3.8) is 0 Å². The van der Waals surface area contributed by atoms with Crippen molar-refractivity contribution in [1.29, 1.82) is 0 Å². The van der Waals surface area contributed by atoms with Gasteiger partial charge in [-0.05, 0) is 69.3 Å². The third-order valence-corrected chi connectivity index (χ3v) is 8.84. The number of aromatic nitrogens is 1. The molecule has 42 heavy (non-hydrogen) atoms. The number of carboxylic acid groups (broad SMARTS) is 1. The van der Waals surface area contributed by atoms with Crippen LogP contribution in [0, 0.1) is 17.0 Å². The number of aliphatic carboxylic acids is 1. The number of nitrogens with one attached hydrogen (secondary N) is 1. The molecule has 3 aromatic rings. The second-order valence-corrected chi connectivity index (χ2v) is 12.5. The van der Waals surface area contributed by atoms with Gasteiger partial charge < -0.3 is 15.0 Å². The van der Waals surface area contributed by atoms with Crippen LogP contribution in [0.25, 0.3) is 10.9 Å². The molecule has 2 fully saturated rings. The van der Waals surface area contributed by atoms with Crippen molar-refractivity contribution < 1.29 is 27.5 Å². The fourth-order valence-electron chi connectivity index (χ4n) is 7.10. The molecule has 0 bridgehead atoms. The van der Waals surface area contributed by atoms with Crippen molar-refractivity contribution in [3.8, 4) is 0 Å². The summed E-state index contributed by atoms with van der Waals surface area (Å²) in [6.07, 6.45) is 4.84. The number of fused-ring (bicyclic) bond motifs is 3. The van der Waals surface area contributed by atoms with E-state index in [2.05, 4.69) is 11.1 Å². The minimum atomic E-state index is -2.64. The number of benzene rings is 2. The Balaban J connectivity index is 0.000000171. The van der Waals surface area contributed by atoms with Crippen LogP contribution in [0.2, 0.25) is 0 Å². The second kappa shape index (κ2) is 12.2. The number of nitrogens with zero attached hydrogens (tertiary/aromatic N) is 3. The number of rotatable bonds is 5. The van der Waals surface area contributed by atoms with Gasteiger partial charge in [0, 0.05) is 72.9 Å². The Morgan fingerprint density at radius 1 is 1.07 bits per heavy atom. The highest BCUT2D eigenvalue weighted by Gasteiger charge is 2.40. The maximum atomic E-state index is 13.5. The molecule has 1 aromatic heterocycles. The number of hydrogen-bond donors (Lipinski definition) is 2. The average Bonchev–Trinajstić information content (AvgIpc) is 3.25. The number of hydrogen-bond acceptors (Lipinski definition) is 4. The predicted molar refractivity (Wildman–Crippen MR) is 156 cm³/mol. The van der Waals surface area contributed by atoms with Gasteiger partial charge in [0.1, 0.15) is 11.6 Å². The van der Waals surface area contributed by atoms with Crippen LogP contribution in [0.4, 0.5) is 23.2 Å². The third kappa shape index (κ3) is 7.26. The summed E-state index contributed by atoms with van der Waals surface area (Å²) in [4.78, 5) is 20.2. The van der Waals surface area contributed by atoms with Crippen LogP contribution in [-0.4, -0.2) is 77.1 Å². The van der Waals surface area contributed by atoms with Crippen molar-refractivity contribution in [2.45, 2.75) is 64.5 Å². The number of carboxylic acids is 1. The molecule has 4 heterocycles. The maximum absolute atomic E-state index is 13.5. The lowest BCUT2D eigenvalue weighted by atomic mass is 9.73. The first-order valence-corrected chi connectivity index (χ1v) is 14.8. The van der Waals surface area contributed by atoms with Crippen molar-refractivity contribution in [2.24, 2.45) is 5.41 Å². The quantitative estimate of drug-likeness (QED) is 0.343. The molecule has 228 valence electrons. The number of halogens is 4. The van der Waals surface area contributed by atoms with E-state index in [0.29, 0.717) is 12.2 Å². The Morgan fingerprint density at radius 2 is 1.76 bits per heavy atom. The smallest absolute Gasteiger partial charge is 0.317 e. The number of carbonyl (C=O) groups is 1. The fourth-order valence-corrected chi connectivity index (χ4v) is 7.10. The van der Waals surface area contributed by atoms with Crippen LogP contribution in [0.3, 0.4) is 0 Å². The largest absolute Gasteiger partial charge is 0.480 e. The summed E-state index contributed by atoms with van der Waals surface area (Å²) in [5.41, 5.74) is 4.08. The zero-order valence-corrected chi connectivity index (χ0v) is 24.3. The summed E-state index contributed by atoms with van der Waals surface area (Å²) < 4.78 is 53.4. The highest BCUT2D eigenvalue weighted by atomic mass is 19.3. The molecular weight excluding hydrogens is 548 g/mol. The Morgan fingerprint density at radius 3 is 2.45 bits per heavy atom. The number of piperidine rings is 2. The van der Waals surface area contributed by atoms with E-state index in [1.165, 1.54) is 23.1 Å². The molecule has 2 N–H and O–H groups in total. The topological polar surface area (TPSA) is 62.8 Å². The summed E-state index contributed by atoms with van der Waals surface area (Å²) in [7, 11) is 0. The summed E-state index contributed by atoms with van der Waals surface area (Å²) in [5.74, 6) is -4.56. The van der Waals surface area contributed by atoms with Gasteiger partial charge >= 0.3 is 5.97 Å². The second-order valence-electron chi connectivity index (χ2n) is 12.5. The van der Waals surface area contributed by atoms with Crippen molar-refractivity contribution in [2.75, 3.05) is 44.2 Å². The van der Waals surface area contributed by atoms with Gasteiger partial charge in [0.2, 0.25) is 0 Å². The van der Waals surface area contributed by atoms with Gasteiger partial charge in [-0.1, -0.05) is 18.2 Å². The van der Waals surface area contributed by atoms with Crippen LogP contribution < -0.4 is 4.90 Å². The average molecular weight is 589 g/mol. The number of likely N-dealkylation sites (tertiary alicyclic amines) is 1. The first-order chi connectivity index (χ1) is 19.9. The van der Waals surface area contributed by atoms with Crippen molar-refractivity contribution >= 4 is 22.6 Å². The molecule has 0 radical (unpaired) electrons. The van der Waals surface area contributed by atoms with Gasteiger partial charge in [0.15, 0.2) is 0 Å². The molecule has 2 aromatic carbocycles. The van der Waals surface area contributed by atoms with Crippen molar-refractivity contribution in [1.82, 2.24) is 14.8 Å². The van der Waals surface area contributed by atoms with E-state index < -0.39 is 23.5 Å². The molecule has 10 heteroatoms. The van der Waals surface area contributed by atoms with Gasteiger partial charge in [-0.15, -0.1) is 0 Å². The maximum Gasteiger partial charge on any atom is 0.317 e. The third-order valence-electron chi connectivity index (χ3n) is 8.84. The Kier molecular flexibility index (Phi) is 8.85. The standard InChI is InChI=1S/C17H22F2N2O2.C15H18F2N2/c18-13-7-14(19)9-15(8-13)21-6-2-4-17(12-21)3-1-5-20(11-17)10-16(22)23;1-10-7-12-11-5-3-4-6-13(11)18-14(12)8-19(10)9-15(2,16)17/h7-9H,1-6,10-12H2,(H,22,23);3-6,10,18H,7-9H2,1-2H3. The molecule has 6 nitrogen and oxygen atoms in total. The summed E-state index contributed by atoms with van der Waals surface area (Å²) in [6.45, 7) is 6.54. The lowest BCUT2D eigenvalue weighted by Crippen LogP contribution is -2.53. The lowest BCUT2D eigenvalue weighted by Gasteiger charge is -2.49. The lowest BCUT2D eigenvalue weighted by molar-refractivity contribution is -0.139. The van der Waals surface area contributed by atoms with Crippen LogP contribution in [0.1, 0.15) is 50.8 Å². The fraction of sp³-hybridized carbons (Fsp3) is 0.531. The number of H-pyrrole nitrogens is 1. The van der Waals surface area contributed by atoms with Gasteiger partial charge in [-0.25, -0.2) is 17.6 Å². The zero-order chi connectivity index (χ0) is 30.1. The summed E-state index contributed by atoms with van der Waals surface area (Å²) >= 11 is 0. The Labute approximate surface area is 244 Å². The molecule has 6 rings (SSSR count). The molecule has 2 saturated heterocycles. The predicted octanol–water partition coefficient (Wildman–Crippen LogP) is 6.30. The van der Waals surface area contributed by atoms with Crippen LogP contribution >= 0.6 is 0 Å². The number of aromatic amines is 1. The molecule has 2 atom stereocenters. The molecule has 3 aliphatic rings. The number of alkyl halides is 2. The molecule has 3 aliphatic heterocycles. The van der Waals surface area contributed by atoms with Gasteiger partial charge in [-0.2, -0.15) is 0 Å². The van der Waals surface area contributed by atoms with E-state index in [1.807, 2.05) is 39.8 Å². The van der Waals surface area contributed by atoms with Gasteiger partial charge in [-0.3, -0.25) is 14.6 Å². The summed E-state index contributed by atoms with van der Waals surface area (Å²) in [6, 6.07) is 11.9. The van der Waals surface area contributed by atoms with E-state index in [9.17, 15) is 22.4 Å². The highest BCUT2D eigenvalue weighted by Crippen LogP contribution is 2.40. The minimum Gasteiger partial charge on any atom is -0.480 e. The van der Waals surface area contributed by atoms with Crippen LogP contribution in [-0.2, 0) is 17.8 Å². The first-order valence-electron chi connectivity index (χ1n) is 14.8. The van der Waals surface area contributed by atoms with E-state index >= 15 is 0 Å². The molecular formula is C32H40F4N4O2. The molecule has 0 aliphatic carbocycles. The monoisotopic (exact) mass is 588 g/mol. The van der Waals surface area contributed by atoms with Gasteiger partial charge in [0.05, 0.1) is 13.1 Å². The van der Waals surface area contributed by atoms with Gasteiger partial charge in [0.25, 0.3) is 5.92 Å². The first kappa shape index (κ1) is 30.4. The SMILES string of the molecule is CC1Cc2c([nH]c3ccccc23)CN1CC(C)(F)F.O=C(O)CN1CCCC2(CCCN(c3cc(F)cc(F)c3)C2)C1. The van der Waals surface area contributed by atoms with E-state index in [1.54, 1.807) is 0 Å². The van der Waals surface area contributed by atoms with E-state index in [4.69, 9.17) is 5.11 Å². The van der Waals surface area contributed by atoms with Crippen LogP contribution in [0.5, 0.6) is 0 Å². The van der Waals surface area contributed by atoms with Crippen molar-refractivity contribution in [3.05, 3.63) is 65.4 Å². The van der Waals surface area contributed by atoms with Crippen LogP contribution in [0.15, 0.2) is 42.5 Å². The number of para-hydroxylation sites is 1. The summed E-state index contributed by atoms with van der Waals surface area (Å²) in [5, 5.41) is 10.2. The highest BCUT2D eigenvalue weighted by molar-refractivity contribution is 5.84. The zero-order valence-electron chi connectivity index (χ0n) is 24.3. The Bertz CT molecular complexity index is 1380. The van der Waals surface area contributed by atoms with E-state index in [0.717, 1.165) is 82.5 Å². The number of anilines is 1. The molecule has 1 spiro atoms. The molecule has 0 saturated carbocycles.